The first-order chi connectivity index (χ1) is 9.72. The molecule has 2 aromatic rings. The Balaban J connectivity index is 2.17. The molecule has 2 heterocycles. The Bertz CT molecular complexity index is 641. The van der Waals surface area contributed by atoms with E-state index in [0.717, 1.165) is 4.88 Å². The molecule has 0 fully saturated rings. The van der Waals surface area contributed by atoms with E-state index in [0.29, 0.717) is 11.1 Å². The van der Waals surface area contributed by atoms with Crippen LogP contribution in [0.4, 0.5) is 0 Å². The van der Waals surface area contributed by atoms with Gasteiger partial charge >= 0.3 is 0 Å². The lowest BCUT2D eigenvalue weighted by Crippen LogP contribution is -2.26. The van der Waals surface area contributed by atoms with Crippen LogP contribution in [0, 0.1) is 11.8 Å². The molecule has 5 heteroatoms. The van der Waals surface area contributed by atoms with Gasteiger partial charge in [0, 0.05) is 17.3 Å². The summed E-state index contributed by atoms with van der Waals surface area (Å²) in [6.07, 6.45) is 3.07. The van der Waals surface area contributed by atoms with Crippen LogP contribution in [0.2, 0.25) is 0 Å². The number of carbonyl (C=O) groups is 1. The van der Waals surface area contributed by atoms with E-state index in [1.54, 1.807) is 23.6 Å². The molecule has 0 bridgehead atoms. The van der Waals surface area contributed by atoms with E-state index < -0.39 is 0 Å². The largest absolute Gasteiger partial charge is 0.384 e. The van der Waals surface area contributed by atoms with E-state index in [-0.39, 0.29) is 18.6 Å². The molecule has 4 nitrogen and oxygen atoms in total. The summed E-state index contributed by atoms with van der Waals surface area (Å²) >= 11 is 1.60. The van der Waals surface area contributed by atoms with Crippen LogP contribution in [0.3, 0.4) is 0 Å². The Labute approximate surface area is 121 Å². The highest BCUT2D eigenvalue weighted by Gasteiger charge is 2.14. The molecule has 2 N–H and O–H groups in total. The number of carbonyl (C=O) groups excluding carboxylic acids is 1. The first-order valence-electron chi connectivity index (χ1n) is 6.10. The summed E-state index contributed by atoms with van der Waals surface area (Å²) in [5.74, 6) is 5.06. The molecule has 0 saturated carbocycles. The number of aliphatic hydroxyl groups is 1. The molecule has 0 aliphatic carbocycles. The molecule has 2 aromatic heterocycles. The quantitative estimate of drug-likeness (QED) is 0.848. The standard InChI is InChI=1S/C15H14N2O2S/c1-11(14-5-3-9-20-14)17-15(19)13-6-7-16-10-12(13)4-2-8-18/h3,5-7,9-11,18H,8H2,1H3,(H,17,19). The summed E-state index contributed by atoms with van der Waals surface area (Å²) in [6.45, 7) is 1.69. The Kier molecular flexibility index (Phi) is 4.88. The second kappa shape index (κ2) is 6.85. The van der Waals surface area contributed by atoms with Crippen molar-refractivity contribution in [1.29, 1.82) is 0 Å². The topological polar surface area (TPSA) is 62.2 Å². The third-order valence-corrected chi connectivity index (χ3v) is 3.74. The highest BCUT2D eigenvalue weighted by molar-refractivity contribution is 7.10. The van der Waals surface area contributed by atoms with Gasteiger partial charge in [-0.15, -0.1) is 11.3 Å². The number of nitrogens with one attached hydrogen (secondary N) is 1. The van der Waals surface area contributed by atoms with E-state index in [9.17, 15) is 4.79 Å². The Hall–Kier alpha value is -2.16. The molecule has 2 rings (SSSR count). The zero-order chi connectivity index (χ0) is 14.4. The number of hydrogen-bond acceptors (Lipinski definition) is 4. The molecular formula is C15H14N2O2S. The number of rotatable bonds is 3. The molecule has 102 valence electrons. The SMILES string of the molecule is CC(NC(=O)c1ccncc1C#CCO)c1cccs1. The van der Waals surface area contributed by atoms with Gasteiger partial charge < -0.3 is 10.4 Å². The number of aliphatic hydroxyl groups excluding tert-OH is 1. The van der Waals surface area contributed by atoms with Crippen LogP contribution in [0.5, 0.6) is 0 Å². The van der Waals surface area contributed by atoms with Gasteiger partial charge in [-0.25, -0.2) is 0 Å². The van der Waals surface area contributed by atoms with Crippen LogP contribution >= 0.6 is 11.3 Å². The van der Waals surface area contributed by atoms with Crippen molar-refractivity contribution in [2.24, 2.45) is 0 Å². The third-order valence-electron chi connectivity index (χ3n) is 2.69. The van der Waals surface area contributed by atoms with Crippen molar-refractivity contribution in [2.75, 3.05) is 6.61 Å². The average Bonchev–Trinajstić information content (AvgIpc) is 2.99. The number of aromatic nitrogens is 1. The summed E-state index contributed by atoms with van der Waals surface area (Å²) in [5.41, 5.74) is 0.974. The van der Waals surface area contributed by atoms with Gasteiger partial charge in [-0.05, 0) is 24.4 Å². The van der Waals surface area contributed by atoms with Crippen LogP contribution in [0.25, 0.3) is 0 Å². The van der Waals surface area contributed by atoms with E-state index in [1.807, 2.05) is 24.4 Å². The maximum Gasteiger partial charge on any atom is 0.253 e. The highest BCUT2D eigenvalue weighted by atomic mass is 32.1. The predicted molar refractivity (Wildman–Crippen MR) is 78.4 cm³/mol. The Morgan fingerprint density at radius 1 is 1.55 bits per heavy atom. The third kappa shape index (κ3) is 3.44. The fourth-order valence-corrected chi connectivity index (χ4v) is 2.44. The number of hydrogen-bond donors (Lipinski definition) is 2. The van der Waals surface area contributed by atoms with Gasteiger partial charge in [0.05, 0.1) is 17.2 Å². The smallest absolute Gasteiger partial charge is 0.253 e. The molecule has 0 spiro atoms. The first-order valence-corrected chi connectivity index (χ1v) is 6.98. The van der Waals surface area contributed by atoms with E-state index in [1.165, 1.54) is 6.20 Å². The molecule has 1 unspecified atom stereocenters. The molecule has 20 heavy (non-hydrogen) atoms. The number of nitrogens with zero attached hydrogens (tertiary/aromatic N) is 1. The van der Waals surface area contributed by atoms with Crippen LogP contribution in [0.1, 0.15) is 33.8 Å². The van der Waals surface area contributed by atoms with Crippen LogP contribution in [0.15, 0.2) is 36.0 Å². The van der Waals surface area contributed by atoms with Gasteiger partial charge in [0.2, 0.25) is 0 Å². The van der Waals surface area contributed by atoms with Crippen LogP contribution < -0.4 is 5.32 Å². The molecule has 0 aliphatic heterocycles. The van der Waals surface area contributed by atoms with Gasteiger partial charge in [0.1, 0.15) is 6.61 Å². The minimum absolute atomic E-state index is 0.0608. The lowest BCUT2D eigenvalue weighted by atomic mass is 10.1. The number of amides is 1. The van der Waals surface area contributed by atoms with Gasteiger partial charge in [0.15, 0.2) is 0 Å². The van der Waals surface area contributed by atoms with E-state index >= 15 is 0 Å². The molecule has 0 aromatic carbocycles. The van der Waals surface area contributed by atoms with Crippen molar-refractivity contribution in [3.8, 4) is 11.8 Å². The summed E-state index contributed by atoms with van der Waals surface area (Å²) < 4.78 is 0. The lowest BCUT2D eigenvalue weighted by Gasteiger charge is -2.12. The molecule has 1 amide bonds. The normalized spacial score (nSPS) is 11.3. The van der Waals surface area contributed by atoms with Gasteiger partial charge in [-0.1, -0.05) is 17.9 Å². The van der Waals surface area contributed by atoms with Gasteiger partial charge in [-0.2, -0.15) is 0 Å². The molecule has 0 saturated heterocycles. The molecule has 0 radical (unpaired) electrons. The summed E-state index contributed by atoms with van der Waals surface area (Å²) in [7, 11) is 0. The Morgan fingerprint density at radius 3 is 3.10 bits per heavy atom. The van der Waals surface area contributed by atoms with Gasteiger partial charge in [-0.3, -0.25) is 9.78 Å². The summed E-state index contributed by atoms with van der Waals surface area (Å²) in [6, 6.07) is 5.49. The van der Waals surface area contributed by atoms with E-state index in [2.05, 4.69) is 22.1 Å². The number of thiophene rings is 1. The van der Waals surface area contributed by atoms with Crippen LogP contribution in [-0.2, 0) is 0 Å². The summed E-state index contributed by atoms with van der Waals surface area (Å²) in [5, 5.41) is 13.6. The minimum atomic E-state index is -0.248. The number of pyridine rings is 1. The van der Waals surface area contributed by atoms with Crippen molar-refractivity contribution in [3.05, 3.63) is 52.0 Å². The molecule has 0 aliphatic rings. The van der Waals surface area contributed by atoms with Crippen molar-refractivity contribution in [1.82, 2.24) is 10.3 Å². The van der Waals surface area contributed by atoms with Crippen molar-refractivity contribution >= 4 is 17.2 Å². The average molecular weight is 286 g/mol. The van der Waals surface area contributed by atoms with Crippen molar-refractivity contribution in [3.63, 3.8) is 0 Å². The zero-order valence-electron chi connectivity index (χ0n) is 11.0. The maximum atomic E-state index is 12.3. The fourth-order valence-electron chi connectivity index (χ4n) is 1.71. The monoisotopic (exact) mass is 286 g/mol. The van der Waals surface area contributed by atoms with Crippen LogP contribution in [-0.4, -0.2) is 22.6 Å². The molecular weight excluding hydrogens is 272 g/mol. The maximum absolute atomic E-state index is 12.3. The second-order valence-corrected chi connectivity index (χ2v) is 5.07. The summed E-state index contributed by atoms with van der Waals surface area (Å²) in [4.78, 5) is 17.3. The van der Waals surface area contributed by atoms with Crippen molar-refractivity contribution in [2.45, 2.75) is 13.0 Å². The van der Waals surface area contributed by atoms with Gasteiger partial charge in [0.25, 0.3) is 5.91 Å². The fraction of sp³-hybridized carbons (Fsp3) is 0.200. The highest BCUT2D eigenvalue weighted by Crippen LogP contribution is 2.19. The first kappa shape index (κ1) is 14.3. The predicted octanol–water partition coefficient (Wildman–Crippen LogP) is 1.98. The minimum Gasteiger partial charge on any atom is -0.384 e. The van der Waals surface area contributed by atoms with E-state index in [4.69, 9.17) is 5.11 Å². The Morgan fingerprint density at radius 2 is 2.40 bits per heavy atom. The second-order valence-electron chi connectivity index (χ2n) is 4.09. The lowest BCUT2D eigenvalue weighted by molar-refractivity contribution is 0.0940. The molecule has 1 atom stereocenters. The zero-order valence-corrected chi connectivity index (χ0v) is 11.8. The van der Waals surface area contributed by atoms with Crippen molar-refractivity contribution < 1.29 is 9.90 Å².